The first kappa shape index (κ1) is 22.1. The number of esters is 1. The minimum Gasteiger partial charge on any atom is -0.454 e. The third-order valence-corrected chi connectivity index (χ3v) is 5.55. The number of terminal acetylenes is 1. The number of carbonyl (C=O) groups is 3. The summed E-state index contributed by atoms with van der Waals surface area (Å²) in [4.78, 5) is 39.0. The molecule has 1 heterocycles. The molecular formula is C20H20N2O6S. The fraction of sp³-hybridized carbons (Fsp3) is 0.250. The van der Waals surface area contributed by atoms with Crippen LogP contribution in [0.25, 0.3) is 0 Å². The minimum absolute atomic E-state index is 0.0369. The first-order valence-electron chi connectivity index (χ1n) is 8.52. The van der Waals surface area contributed by atoms with Crippen LogP contribution in [0.15, 0.2) is 29.2 Å². The van der Waals surface area contributed by atoms with Gasteiger partial charge in [-0.3, -0.25) is 9.59 Å². The number of hydrogen-bond acceptors (Lipinski definition) is 6. The number of nitrogens with one attached hydrogen (secondary N) is 2. The van der Waals surface area contributed by atoms with Crippen LogP contribution in [0.1, 0.15) is 49.4 Å². The van der Waals surface area contributed by atoms with Gasteiger partial charge < -0.3 is 9.72 Å². The second-order valence-electron chi connectivity index (χ2n) is 6.24. The van der Waals surface area contributed by atoms with Gasteiger partial charge in [0, 0.05) is 11.3 Å². The van der Waals surface area contributed by atoms with Gasteiger partial charge >= 0.3 is 5.97 Å². The molecule has 0 unspecified atom stereocenters. The van der Waals surface area contributed by atoms with Gasteiger partial charge in [-0.2, -0.15) is 4.72 Å². The zero-order valence-electron chi connectivity index (χ0n) is 16.2. The first-order chi connectivity index (χ1) is 13.6. The van der Waals surface area contributed by atoms with E-state index >= 15 is 0 Å². The Morgan fingerprint density at radius 3 is 2.52 bits per heavy atom. The summed E-state index contributed by atoms with van der Waals surface area (Å²) in [7, 11) is -3.87. The largest absolute Gasteiger partial charge is 0.454 e. The Balaban J connectivity index is 2.13. The molecule has 152 valence electrons. The van der Waals surface area contributed by atoms with E-state index in [0.29, 0.717) is 16.8 Å². The minimum atomic E-state index is -3.87. The van der Waals surface area contributed by atoms with E-state index in [1.54, 1.807) is 13.8 Å². The van der Waals surface area contributed by atoms with Gasteiger partial charge in [-0.25, -0.2) is 13.2 Å². The molecule has 0 atom stereocenters. The summed E-state index contributed by atoms with van der Waals surface area (Å²) in [5.41, 5.74) is 1.63. The van der Waals surface area contributed by atoms with Crippen molar-refractivity contribution in [3.8, 4) is 12.3 Å². The van der Waals surface area contributed by atoms with Crippen molar-refractivity contribution < 1.29 is 27.5 Å². The number of aromatic amines is 1. The van der Waals surface area contributed by atoms with Gasteiger partial charge in [0.2, 0.25) is 15.8 Å². The summed E-state index contributed by atoms with van der Waals surface area (Å²) in [5.74, 6) is 0.606. The molecule has 0 saturated carbocycles. The van der Waals surface area contributed by atoms with Crippen LogP contribution in [0, 0.1) is 26.2 Å². The Morgan fingerprint density at radius 2 is 1.93 bits per heavy atom. The zero-order valence-corrected chi connectivity index (χ0v) is 17.0. The second kappa shape index (κ2) is 8.86. The molecule has 0 fully saturated rings. The molecule has 0 saturated heterocycles. The maximum absolute atomic E-state index is 12.4. The molecule has 1 aromatic carbocycles. The van der Waals surface area contributed by atoms with Crippen LogP contribution in [-0.4, -0.2) is 44.1 Å². The fourth-order valence-corrected chi connectivity index (χ4v) is 3.83. The third-order valence-electron chi connectivity index (χ3n) is 4.15. The zero-order chi connectivity index (χ0) is 21.8. The van der Waals surface area contributed by atoms with Gasteiger partial charge in [0.05, 0.1) is 22.7 Å². The van der Waals surface area contributed by atoms with Crippen molar-refractivity contribution in [1.82, 2.24) is 9.71 Å². The number of Topliss-reactive ketones (excluding diaryl/α,β-unsaturated/α-hetero) is 2. The SMILES string of the molecule is C#CCNS(=O)(=O)c1cccc(C(=O)OCC(=O)c2[nH]c(C)c(C(C)=O)c2C)c1. The van der Waals surface area contributed by atoms with E-state index < -0.39 is 28.4 Å². The van der Waals surface area contributed by atoms with Crippen LogP contribution in [-0.2, 0) is 14.8 Å². The molecule has 0 amide bonds. The topological polar surface area (TPSA) is 122 Å². The van der Waals surface area contributed by atoms with Gasteiger partial charge in [-0.05, 0) is 44.5 Å². The highest BCUT2D eigenvalue weighted by molar-refractivity contribution is 7.89. The van der Waals surface area contributed by atoms with E-state index in [1.165, 1.54) is 25.1 Å². The standard InChI is InChI=1S/C20H20N2O6S/c1-5-9-21-29(26,27)16-8-6-7-15(10-16)20(25)28-11-17(24)19-12(2)18(14(4)23)13(3)22-19/h1,6-8,10,21-22H,9,11H2,2-4H3. The number of benzene rings is 1. The average Bonchev–Trinajstić information content (AvgIpc) is 2.98. The summed E-state index contributed by atoms with van der Waals surface area (Å²) < 4.78 is 31.4. The van der Waals surface area contributed by atoms with Crippen LogP contribution in [0.5, 0.6) is 0 Å². The lowest BCUT2D eigenvalue weighted by molar-refractivity contribution is 0.0473. The molecule has 0 radical (unpaired) electrons. The number of rotatable bonds is 8. The normalized spacial score (nSPS) is 11.0. The van der Waals surface area contributed by atoms with Crippen molar-refractivity contribution in [3.05, 3.63) is 52.3 Å². The molecule has 29 heavy (non-hydrogen) atoms. The number of carbonyl (C=O) groups excluding carboxylic acids is 3. The van der Waals surface area contributed by atoms with Gasteiger partial charge in [0.15, 0.2) is 12.4 Å². The number of ether oxygens (including phenoxy) is 1. The van der Waals surface area contributed by atoms with E-state index in [-0.39, 0.29) is 28.5 Å². The van der Waals surface area contributed by atoms with E-state index in [9.17, 15) is 22.8 Å². The molecule has 2 N–H and O–H groups in total. The predicted octanol–water partition coefficient (Wildman–Crippen LogP) is 1.79. The molecule has 2 rings (SSSR count). The summed E-state index contributed by atoms with van der Waals surface area (Å²) in [5, 5.41) is 0. The summed E-state index contributed by atoms with van der Waals surface area (Å²) in [6.07, 6.45) is 5.04. The molecule has 0 spiro atoms. The van der Waals surface area contributed by atoms with Crippen LogP contribution in [0.2, 0.25) is 0 Å². The fourth-order valence-electron chi connectivity index (χ4n) is 2.85. The Morgan fingerprint density at radius 1 is 1.24 bits per heavy atom. The lowest BCUT2D eigenvalue weighted by atomic mass is 10.1. The van der Waals surface area contributed by atoms with E-state index in [0.717, 1.165) is 6.07 Å². The van der Waals surface area contributed by atoms with Crippen LogP contribution < -0.4 is 4.72 Å². The van der Waals surface area contributed by atoms with Crippen molar-refractivity contribution >= 4 is 27.6 Å². The molecule has 2 aromatic rings. The molecule has 0 aliphatic carbocycles. The lowest BCUT2D eigenvalue weighted by Crippen LogP contribution is -2.24. The number of sulfonamides is 1. The average molecular weight is 416 g/mol. The van der Waals surface area contributed by atoms with E-state index in [1.807, 2.05) is 0 Å². The van der Waals surface area contributed by atoms with E-state index in [2.05, 4.69) is 15.6 Å². The maximum Gasteiger partial charge on any atom is 0.338 e. The van der Waals surface area contributed by atoms with Crippen LogP contribution >= 0.6 is 0 Å². The number of ketones is 2. The van der Waals surface area contributed by atoms with Crippen molar-refractivity contribution in [3.63, 3.8) is 0 Å². The first-order valence-corrected chi connectivity index (χ1v) is 10.0. The van der Waals surface area contributed by atoms with Crippen molar-refractivity contribution in [2.24, 2.45) is 0 Å². The summed E-state index contributed by atoms with van der Waals surface area (Å²) in [6.45, 7) is 3.95. The van der Waals surface area contributed by atoms with Gasteiger partial charge in [-0.1, -0.05) is 12.0 Å². The quantitative estimate of drug-likeness (QED) is 0.384. The third kappa shape index (κ3) is 4.99. The summed E-state index contributed by atoms with van der Waals surface area (Å²) >= 11 is 0. The molecule has 0 bridgehead atoms. The second-order valence-corrected chi connectivity index (χ2v) is 8.00. The monoisotopic (exact) mass is 416 g/mol. The smallest absolute Gasteiger partial charge is 0.338 e. The van der Waals surface area contributed by atoms with E-state index in [4.69, 9.17) is 11.2 Å². The summed E-state index contributed by atoms with van der Waals surface area (Å²) in [6, 6.07) is 5.17. The maximum atomic E-state index is 12.4. The number of aromatic nitrogens is 1. The number of hydrogen-bond donors (Lipinski definition) is 2. The highest BCUT2D eigenvalue weighted by atomic mass is 32.2. The Hall–Kier alpha value is -3.22. The van der Waals surface area contributed by atoms with Crippen molar-refractivity contribution in [2.75, 3.05) is 13.2 Å². The highest BCUT2D eigenvalue weighted by Gasteiger charge is 2.21. The molecule has 0 aliphatic heterocycles. The Labute approximate surface area is 168 Å². The Bertz CT molecular complexity index is 1120. The van der Waals surface area contributed by atoms with Gasteiger partial charge in [0.25, 0.3) is 0 Å². The molecular weight excluding hydrogens is 396 g/mol. The van der Waals surface area contributed by atoms with Crippen molar-refractivity contribution in [2.45, 2.75) is 25.7 Å². The molecule has 8 nitrogen and oxygen atoms in total. The predicted molar refractivity (Wildman–Crippen MR) is 105 cm³/mol. The van der Waals surface area contributed by atoms with Crippen molar-refractivity contribution in [1.29, 1.82) is 0 Å². The lowest BCUT2D eigenvalue weighted by Gasteiger charge is -2.07. The van der Waals surface area contributed by atoms with Crippen LogP contribution in [0.3, 0.4) is 0 Å². The number of H-pyrrole nitrogens is 1. The highest BCUT2D eigenvalue weighted by Crippen LogP contribution is 2.19. The molecule has 0 aliphatic rings. The van der Waals surface area contributed by atoms with Crippen LogP contribution in [0.4, 0.5) is 0 Å². The molecule has 9 heteroatoms. The molecule has 1 aromatic heterocycles. The van der Waals surface area contributed by atoms with Gasteiger partial charge in [0.1, 0.15) is 0 Å². The number of aryl methyl sites for hydroxylation is 1. The Kier molecular flexibility index (Phi) is 6.74. The van der Waals surface area contributed by atoms with Gasteiger partial charge in [-0.15, -0.1) is 6.42 Å².